The van der Waals surface area contributed by atoms with Crippen molar-refractivity contribution in [1.29, 1.82) is 0 Å². The maximum atomic E-state index is 12.5. The lowest BCUT2D eigenvalue weighted by molar-refractivity contribution is -0.151. The minimum absolute atomic E-state index is 0.0890. The monoisotopic (exact) mass is 433 g/mol. The molecular formula is C22H31N3O6. The minimum atomic E-state index is -0.418. The summed E-state index contributed by atoms with van der Waals surface area (Å²) < 4.78 is 10.5. The Morgan fingerprint density at radius 3 is 2.42 bits per heavy atom. The third kappa shape index (κ3) is 6.97. The van der Waals surface area contributed by atoms with Gasteiger partial charge < -0.3 is 24.6 Å². The molecule has 0 aromatic heterocycles. The van der Waals surface area contributed by atoms with Crippen LogP contribution in [0.4, 0.5) is 0 Å². The van der Waals surface area contributed by atoms with Gasteiger partial charge in [-0.1, -0.05) is 12.1 Å². The molecule has 9 heteroatoms. The highest BCUT2D eigenvalue weighted by Crippen LogP contribution is 2.19. The van der Waals surface area contributed by atoms with Crippen molar-refractivity contribution in [3.63, 3.8) is 0 Å². The van der Waals surface area contributed by atoms with E-state index < -0.39 is 5.91 Å². The predicted octanol–water partition coefficient (Wildman–Crippen LogP) is 1.08. The van der Waals surface area contributed by atoms with Crippen molar-refractivity contribution >= 4 is 23.7 Å². The van der Waals surface area contributed by atoms with Gasteiger partial charge in [0.2, 0.25) is 11.8 Å². The van der Waals surface area contributed by atoms with E-state index in [9.17, 15) is 19.2 Å². The molecule has 0 radical (unpaired) electrons. The number of amides is 3. The number of likely N-dealkylation sites (tertiary alicyclic amines) is 1. The summed E-state index contributed by atoms with van der Waals surface area (Å²) in [6, 6.07) is 6.80. The molecule has 0 unspecified atom stereocenters. The molecule has 3 amide bonds. The number of nitrogens with one attached hydrogen (secondary N) is 1. The summed E-state index contributed by atoms with van der Waals surface area (Å²) in [5.41, 5.74) is 0.348. The molecule has 31 heavy (non-hydrogen) atoms. The van der Waals surface area contributed by atoms with Gasteiger partial charge in [0.05, 0.1) is 37.8 Å². The van der Waals surface area contributed by atoms with Gasteiger partial charge in [-0.3, -0.25) is 19.2 Å². The van der Waals surface area contributed by atoms with Gasteiger partial charge >= 0.3 is 5.97 Å². The average molecular weight is 434 g/mol. The second-order valence-electron chi connectivity index (χ2n) is 7.27. The van der Waals surface area contributed by atoms with E-state index in [-0.39, 0.29) is 36.8 Å². The highest BCUT2D eigenvalue weighted by molar-refractivity contribution is 5.99. The zero-order valence-electron chi connectivity index (χ0n) is 18.4. The molecular weight excluding hydrogens is 402 g/mol. The van der Waals surface area contributed by atoms with Crippen LogP contribution in [-0.2, 0) is 19.1 Å². The molecule has 0 spiro atoms. The predicted molar refractivity (Wildman–Crippen MR) is 114 cm³/mol. The fourth-order valence-electron chi connectivity index (χ4n) is 3.34. The van der Waals surface area contributed by atoms with Crippen molar-refractivity contribution < 1.29 is 28.7 Å². The Labute approximate surface area is 182 Å². The summed E-state index contributed by atoms with van der Waals surface area (Å²) >= 11 is 0. The molecule has 0 aliphatic carbocycles. The highest BCUT2D eigenvalue weighted by atomic mass is 16.5. The number of benzene rings is 1. The normalized spacial score (nSPS) is 14.0. The number of hydrogen-bond acceptors (Lipinski definition) is 6. The zero-order valence-corrected chi connectivity index (χ0v) is 18.4. The van der Waals surface area contributed by atoms with Gasteiger partial charge in [0, 0.05) is 20.1 Å². The van der Waals surface area contributed by atoms with Gasteiger partial charge in [0.15, 0.2) is 0 Å². The number of hydrogen-bond donors (Lipinski definition) is 1. The zero-order chi connectivity index (χ0) is 22.8. The van der Waals surface area contributed by atoms with E-state index in [4.69, 9.17) is 9.47 Å². The standard InChI is InChI=1S/C22H31N3O6/c1-4-30-18-9-7-6-8-17(18)21(28)23-14-19(26)24(3)15-20(27)25-12-10-16(11-13-25)22(29)31-5-2/h6-9,16H,4-5,10-15H2,1-3H3,(H,23,28). The smallest absolute Gasteiger partial charge is 0.309 e. The van der Waals surface area contributed by atoms with Crippen LogP contribution >= 0.6 is 0 Å². The SMILES string of the molecule is CCOC(=O)C1CCN(C(=O)CN(C)C(=O)CNC(=O)c2ccccc2OCC)CC1. The Hall–Kier alpha value is -3.10. The maximum Gasteiger partial charge on any atom is 0.309 e. The Morgan fingerprint density at radius 1 is 1.10 bits per heavy atom. The lowest BCUT2D eigenvalue weighted by atomic mass is 9.97. The van der Waals surface area contributed by atoms with Gasteiger partial charge in [-0.2, -0.15) is 0 Å². The number of para-hydroxylation sites is 1. The number of carbonyl (C=O) groups is 4. The summed E-state index contributed by atoms with van der Waals surface area (Å²) in [5.74, 6) is -0.937. The third-order valence-corrected chi connectivity index (χ3v) is 5.10. The first-order valence-corrected chi connectivity index (χ1v) is 10.6. The summed E-state index contributed by atoms with van der Waals surface area (Å²) in [4.78, 5) is 52.0. The fraction of sp³-hybridized carbons (Fsp3) is 0.545. The summed E-state index contributed by atoms with van der Waals surface area (Å²) in [5, 5.41) is 2.58. The third-order valence-electron chi connectivity index (χ3n) is 5.10. The van der Waals surface area contributed by atoms with E-state index in [0.717, 1.165) is 0 Å². The maximum absolute atomic E-state index is 12.5. The molecule has 0 bridgehead atoms. The van der Waals surface area contributed by atoms with E-state index in [2.05, 4.69) is 5.32 Å². The van der Waals surface area contributed by atoms with Gasteiger partial charge in [0.25, 0.3) is 5.91 Å². The summed E-state index contributed by atoms with van der Waals surface area (Å²) in [7, 11) is 1.52. The van der Waals surface area contributed by atoms with E-state index in [1.807, 2.05) is 6.92 Å². The molecule has 1 fully saturated rings. The van der Waals surface area contributed by atoms with Crippen LogP contribution in [0.5, 0.6) is 5.75 Å². The van der Waals surface area contributed by atoms with Crippen LogP contribution in [0, 0.1) is 5.92 Å². The van der Waals surface area contributed by atoms with Gasteiger partial charge in [0.1, 0.15) is 5.75 Å². The first-order chi connectivity index (χ1) is 14.9. The summed E-state index contributed by atoms with van der Waals surface area (Å²) in [6.07, 6.45) is 1.11. The van der Waals surface area contributed by atoms with Crippen LogP contribution in [0.15, 0.2) is 24.3 Å². The van der Waals surface area contributed by atoms with Gasteiger partial charge in [-0.25, -0.2) is 0 Å². The van der Waals surface area contributed by atoms with Crippen LogP contribution in [0.3, 0.4) is 0 Å². The van der Waals surface area contributed by atoms with Crippen LogP contribution in [0.2, 0.25) is 0 Å². The van der Waals surface area contributed by atoms with Crippen molar-refractivity contribution in [3.8, 4) is 5.75 Å². The molecule has 1 saturated heterocycles. The van der Waals surface area contributed by atoms with Crippen LogP contribution in [0.25, 0.3) is 0 Å². The minimum Gasteiger partial charge on any atom is -0.493 e. The topological polar surface area (TPSA) is 105 Å². The number of carbonyl (C=O) groups excluding carboxylic acids is 4. The molecule has 1 N–H and O–H groups in total. The second kappa shape index (κ2) is 11.9. The molecule has 170 valence electrons. The van der Waals surface area contributed by atoms with Crippen molar-refractivity contribution in [2.75, 3.05) is 46.4 Å². The van der Waals surface area contributed by atoms with E-state index in [1.54, 1.807) is 36.1 Å². The molecule has 1 aromatic rings. The molecule has 1 aliphatic rings. The van der Waals surface area contributed by atoms with Crippen molar-refractivity contribution in [3.05, 3.63) is 29.8 Å². The van der Waals surface area contributed by atoms with Crippen LogP contribution in [-0.4, -0.2) is 79.9 Å². The van der Waals surface area contributed by atoms with E-state index in [1.165, 1.54) is 11.9 Å². The first-order valence-electron chi connectivity index (χ1n) is 10.6. The Kier molecular flexibility index (Phi) is 9.30. The quantitative estimate of drug-likeness (QED) is 0.584. The van der Waals surface area contributed by atoms with Crippen LogP contribution < -0.4 is 10.1 Å². The number of nitrogens with zero attached hydrogens (tertiary/aromatic N) is 2. The summed E-state index contributed by atoms with van der Waals surface area (Å²) in [6.45, 7) is 4.95. The number of esters is 1. The van der Waals surface area contributed by atoms with Gasteiger partial charge in [-0.15, -0.1) is 0 Å². The van der Waals surface area contributed by atoms with Gasteiger partial charge in [-0.05, 0) is 38.8 Å². The second-order valence-corrected chi connectivity index (χ2v) is 7.27. The molecule has 9 nitrogen and oxygen atoms in total. The molecule has 1 aromatic carbocycles. The molecule has 0 saturated carbocycles. The molecule has 2 rings (SSSR count). The Balaban J connectivity index is 1.79. The van der Waals surface area contributed by atoms with Crippen molar-refractivity contribution in [2.24, 2.45) is 5.92 Å². The lowest BCUT2D eigenvalue weighted by Gasteiger charge is -2.32. The molecule has 1 heterocycles. The van der Waals surface area contributed by atoms with Crippen LogP contribution in [0.1, 0.15) is 37.0 Å². The number of likely N-dealkylation sites (N-methyl/N-ethyl adjacent to an activating group) is 1. The molecule has 0 atom stereocenters. The Bertz CT molecular complexity index is 789. The molecule has 1 aliphatic heterocycles. The first kappa shape index (κ1) is 24.2. The fourth-order valence-corrected chi connectivity index (χ4v) is 3.34. The van der Waals surface area contributed by atoms with E-state index >= 15 is 0 Å². The van der Waals surface area contributed by atoms with E-state index in [0.29, 0.717) is 50.5 Å². The average Bonchev–Trinajstić information content (AvgIpc) is 2.78. The number of ether oxygens (including phenoxy) is 2. The number of piperidine rings is 1. The number of rotatable bonds is 9. The van der Waals surface area contributed by atoms with Crippen molar-refractivity contribution in [1.82, 2.24) is 15.1 Å². The lowest BCUT2D eigenvalue weighted by Crippen LogP contribution is -2.47. The highest BCUT2D eigenvalue weighted by Gasteiger charge is 2.29. The van der Waals surface area contributed by atoms with Crippen molar-refractivity contribution in [2.45, 2.75) is 26.7 Å². The largest absolute Gasteiger partial charge is 0.493 e. The Morgan fingerprint density at radius 2 is 1.77 bits per heavy atom.